The van der Waals surface area contributed by atoms with Crippen LogP contribution < -0.4 is 5.73 Å². The van der Waals surface area contributed by atoms with Crippen molar-refractivity contribution in [3.63, 3.8) is 0 Å². The van der Waals surface area contributed by atoms with Crippen LogP contribution in [0.25, 0.3) is 0 Å². The molecule has 0 atom stereocenters. The van der Waals surface area contributed by atoms with Crippen molar-refractivity contribution in [3.05, 3.63) is 24.5 Å². The molecule has 1 rings (SSSR count). The molecule has 2 N–H and O–H groups in total. The van der Waals surface area contributed by atoms with Gasteiger partial charge in [-0.3, -0.25) is 0 Å². The minimum absolute atomic E-state index is 0. The van der Waals surface area contributed by atoms with Gasteiger partial charge in [0.2, 0.25) is 0 Å². The van der Waals surface area contributed by atoms with Crippen LogP contribution in [0.5, 0.6) is 0 Å². The van der Waals surface area contributed by atoms with Crippen LogP contribution in [-0.2, 0) is 16.5 Å². The fourth-order valence-electron chi connectivity index (χ4n) is 0.339. The number of hydrogen-bond acceptors (Lipinski definition) is 2. The summed E-state index contributed by atoms with van der Waals surface area (Å²) in [6, 6.07) is 3.51. The summed E-state index contributed by atoms with van der Waals surface area (Å²) in [6.07, 6.45) is 4.19. The number of aromatic nitrogens is 1. The number of hydrogen-bond donors (Lipinski definition) is 1. The van der Waals surface area contributed by atoms with Crippen molar-refractivity contribution < 1.29 is 16.5 Å². The summed E-state index contributed by atoms with van der Waals surface area (Å²) in [5, 5.41) is 0. The van der Waals surface area contributed by atoms with E-state index in [1.165, 1.54) is 0 Å². The van der Waals surface area contributed by atoms with Gasteiger partial charge in [-0.05, 0) is 0 Å². The van der Waals surface area contributed by atoms with Gasteiger partial charge in [0.05, 0.1) is 0 Å². The van der Waals surface area contributed by atoms with Gasteiger partial charge in [0.25, 0.3) is 0 Å². The summed E-state index contributed by atoms with van der Waals surface area (Å²) in [7, 11) is 0.120. The molecule has 0 saturated carbocycles. The quantitative estimate of drug-likeness (QED) is 0.540. The standard InChI is InChI=1S/C5H5N2.C3H9Si.Ni/c6-5-2-1-3-7-4-5;1-4(2)3;/h1-3H,6H2;1-3H3;/q-1;;. The molecule has 1 aromatic heterocycles. The maximum Gasteiger partial charge on any atom is 0.0379 e. The SMILES string of the molecule is C[Si](C)C.Nc1[c-]nccc1.[Ni]. The molecule has 0 saturated heterocycles. The van der Waals surface area contributed by atoms with Crippen LogP contribution in [0, 0.1) is 6.20 Å². The second-order valence-corrected chi connectivity index (χ2v) is 5.70. The predicted octanol–water partition coefficient (Wildman–Crippen LogP) is 1.83. The summed E-state index contributed by atoms with van der Waals surface area (Å²) >= 11 is 0. The maximum atomic E-state index is 5.24. The van der Waals surface area contributed by atoms with Crippen LogP contribution in [0.15, 0.2) is 18.3 Å². The van der Waals surface area contributed by atoms with E-state index in [9.17, 15) is 0 Å². The van der Waals surface area contributed by atoms with Crippen molar-refractivity contribution in [2.45, 2.75) is 19.6 Å². The predicted molar refractivity (Wildman–Crippen MR) is 50.8 cm³/mol. The van der Waals surface area contributed by atoms with E-state index in [0.29, 0.717) is 5.69 Å². The normalized spacial score (nSPS) is 8.00. The first-order valence-corrected chi connectivity index (χ1v) is 6.48. The number of nitrogens with two attached hydrogens (primary N) is 1. The van der Waals surface area contributed by atoms with Crippen LogP contribution in [0.1, 0.15) is 0 Å². The Hall–Kier alpha value is -0.340. The first kappa shape index (κ1) is 14.2. The second kappa shape index (κ2) is 8.75. The van der Waals surface area contributed by atoms with Gasteiger partial charge < -0.3 is 10.7 Å². The van der Waals surface area contributed by atoms with E-state index in [2.05, 4.69) is 30.8 Å². The van der Waals surface area contributed by atoms with Crippen LogP contribution >= 0.6 is 0 Å². The molecule has 0 aromatic carbocycles. The van der Waals surface area contributed by atoms with Crippen molar-refractivity contribution >= 4 is 14.5 Å². The monoisotopic (exact) mass is 224 g/mol. The summed E-state index contributed by atoms with van der Waals surface area (Å²) in [5.41, 5.74) is 5.83. The first-order chi connectivity index (χ1) is 5.13. The minimum atomic E-state index is 0. The summed E-state index contributed by atoms with van der Waals surface area (Å²) in [4.78, 5) is 3.63. The Balaban J connectivity index is 0. The molecule has 0 unspecified atom stereocenters. The van der Waals surface area contributed by atoms with E-state index in [-0.39, 0.29) is 25.3 Å². The number of nitrogen functional groups attached to an aromatic ring is 1. The summed E-state index contributed by atoms with van der Waals surface area (Å²) in [5.74, 6) is 0. The molecule has 2 nitrogen and oxygen atoms in total. The second-order valence-electron chi connectivity index (χ2n) is 2.70. The molecule has 0 spiro atoms. The molecule has 0 aliphatic heterocycles. The van der Waals surface area contributed by atoms with E-state index in [1.54, 1.807) is 18.3 Å². The van der Waals surface area contributed by atoms with Crippen molar-refractivity contribution in [1.82, 2.24) is 4.98 Å². The first-order valence-electron chi connectivity index (χ1n) is 3.48. The number of nitrogens with zero attached hydrogens (tertiary/aromatic N) is 1. The molecule has 0 fully saturated rings. The Bertz CT molecular complexity index is 177. The molecular formula is C8H14N2NiSi-. The van der Waals surface area contributed by atoms with Gasteiger partial charge >= 0.3 is 0 Å². The molecule has 0 amide bonds. The van der Waals surface area contributed by atoms with Gasteiger partial charge in [-0.25, -0.2) is 0 Å². The molecule has 71 valence electrons. The van der Waals surface area contributed by atoms with Crippen LogP contribution in [0.2, 0.25) is 19.6 Å². The molecule has 0 aliphatic carbocycles. The molecule has 4 heteroatoms. The van der Waals surface area contributed by atoms with Gasteiger partial charge in [0.1, 0.15) is 0 Å². The average Bonchev–Trinajstić information content (AvgIpc) is 1.87. The smallest absolute Gasteiger partial charge is 0.0379 e. The molecule has 0 bridgehead atoms. The molecular weight excluding hydrogens is 211 g/mol. The minimum Gasteiger partial charge on any atom is -0.418 e. The van der Waals surface area contributed by atoms with E-state index in [0.717, 1.165) is 0 Å². The van der Waals surface area contributed by atoms with Crippen LogP contribution in [0.4, 0.5) is 5.69 Å². The van der Waals surface area contributed by atoms with E-state index in [4.69, 9.17) is 5.73 Å². The van der Waals surface area contributed by atoms with Gasteiger partial charge in [-0.15, -0.1) is 6.07 Å². The Morgan fingerprint density at radius 3 is 2.08 bits per heavy atom. The van der Waals surface area contributed by atoms with Crippen molar-refractivity contribution in [3.8, 4) is 0 Å². The third-order valence-electron chi connectivity index (χ3n) is 0.630. The number of pyridine rings is 1. The van der Waals surface area contributed by atoms with Gasteiger partial charge in [-0.1, -0.05) is 37.7 Å². The van der Waals surface area contributed by atoms with Crippen molar-refractivity contribution in [2.24, 2.45) is 0 Å². The Kier molecular flexibility index (Phi) is 10.4. The molecule has 1 heterocycles. The zero-order valence-electron chi connectivity index (χ0n) is 7.57. The van der Waals surface area contributed by atoms with E-state index < -0.39 is 0 Å². The zero-order valence-corrected chi connectivity index (χ0v) is 9.56. The molecule has 12 heavy (non-hydrogen) atoms. The van der Waals surface area contributed by atoms with Crippen LogP contribution in [-0.4, -0.2) is 13.8 Å². The number of anilines is 1. The fourth-order valence-corrected chi connectivity index (χ4v) is 0.339. The van der Waals surface area contributed by atoms with E-state index >= 15 is 0 Å². The average molecular weight is 225 g/mol. The third kappa shape index (κ3) is 12.3. The van der Waals surface area contributed by atoms with E-state index in [1.807, 2.05) is 0 Å². The molecule has 1 radical (unpaired) electrons. The van der Waals surface area contributed by atoms with Gasteiger partial charge in [0.15, 0.2) is 0 Å². The van der Waals surface area contributed by atoms with Gasteiger partial charge in [0, 0.05) is 25.3 Å². The number of rotatable bonds is 0. The van der Waals surface area contributed by atoms with Crippen molar-refractivity contribution in [1.29, 1.82) is 0 Å². The fraction of sp³-hybridized carbons (Fsp3) is 0.375. The summed E-state index contributed by atoms with van der Waals surface area (Å²) < 4.78 is 0. The van der Waals surface area contributed by atoms with Crippen molar-refractivity contribution in [2.75, 3.05) is 5.73 Å². The van der Waals surface area contributed by atoms with Crippen LogP contribution in [0.3, 0.4) is 0 Å². The van der Waals surface area contributed by atoms with Gasteiger partial charge in [-0.2, -0.15) is 6.07 Å². The maximum absolute atomic E-state index is 5.24. The Labute approximate surface area is 86.1 Å². The zero-order chi connectivity index (χ0) is 8.69. The molecule has 0 aliphatic rings. The Morgan fingerprint density at radius 1 is 1.42 bits per heavy atom. The Morgan fingerprint density at radius 2 is 1.92 bits per heavy atom. The largest absolute Gasteiger partial charge is 0.418 e. The topological polar surface area (TPSA) is 38.9 Å². The third-order valence-corrected chi connectivity index (χ3v) is 0.630. The molecule has 1 aromatic rings. The summed E-state index contributed by atoms with van der Waals surface area (Å²) in [6.45, 7) is 6.81.